The average Bonchev–Trinajstić information content (AvgIpc) is 2.18. The fourth-order valence-corrected chi connectivity index (χ4v) is 1.05. The van der Waals surface area contributed by atoms with Gasteiger partial charge in [-0.3, -0.25) is 9.78 Å². The number of nitrogens with zero attached hydrogens (tertiary/aromatic N) is 1. The molecule has 1 rings (SSSR count). The summed E-state index contributed by atoms with van der Waals surface area (Å²) in [5.74, 6) is -0.149. The molecule has 4 nitrogen and oxygen atoms in total. The van der Waals surface area contributed by atoms with Gasteiger partial charge in [0, 0.05) is 19.4 Å². The molecular weight excluding hydrogens is 166 g/mol. The van der Waals surface area contributed by atoms with Crippen molar-refractivity contribution in [3.63, 3.8) is 0 Å². The molecule has 0 aliphatic carbocycles. The van der Waals surface area contributed by atoms with Gasteiger partial charge in [-0.25, -0.2) is 0 Å². The molecule has 4 heteroatoms. The quantitative estimate of drug-likeness (QED) is 0.669. The zero-order valence-corrected chi connectivity index (χ0v) is 7.53. The van der Waals surface area contributed by atoms with E-state index in [0.29, 0.717) is 6.42 Å². The van der Waals surface area contributed by atoms with Gasteiger partial charge in [0.1, 0.15) is 0 Å². The highest BCUT2D eigenvalue weighted by molar-refractivity contribution is 5.81. The average molecular weight is 179 g/mol. The maximum absolute atomic E-state index is 11.1. The van der Waals surface area contributed by atoms with Crippen LogP contribution in [-0.2, 0) is 11.2 Å². The summed E-state index contributed by atoms with van der Waals surface area (Å²) in [6, 6.07) is 3.23. The molecule has 0 saturated heterocycles. The molecule has 70 valence electrons. The summed E-state index contributed by atoms with van der Waals surface area (Å²) in [5.41, 5.74) is 6.59. The largest absolute Gasteiger partial charge is 0.358 e. The number of likely N-dealkylation sites (N-methyl/N-ethyl adjacent to an activating group) is 1. The van der Waals surface area contributed by atoms with E-state index in [9.17, 15) is 4.79 Å². The second-order valence-corrected chi connectivity index (χ2v) is 2.79. The number of rotatable bonds is 3. The van der Waals surface area contributed by atoms with Crippen LogP contribution in [0.4, 0.5) is 0 Å². The van der Waals surface area contributed by atoms with Crippen LogP contribution in [0.25, 0.3) is 0 Å². The number of hydrogen-bond acceptors (Lipinski definition) is 3. The topological polar surface area (TPSA) is 68.0 Å². The van der Waals surface area contributed by atoms with Crippen molar-refractivity contribution < 1.29 is 4.79 Å². The molecule has 1 heterocycles. The minimum absolute atomic E-state index is 0.149. The highest BCUT2D eigenvalue weighted by Crippen LogP contribution is 1.99. The molecule has 1 atom stereocenters. The lowest BCUT2D eigenvalue weighted by Gasteiger charge is -2.08. The molecule has 0 bridgehead atoms. The van der Waals surface area contributed by atoms with Crippen LogP contribution in [0.15, 0.2) is 24.5 Å². The second kappa shape index (κ2) is 4.57. The summed E-state index contributed by atoms with van der Waals surface area (Å²) >= 11 is 0. The molecule has 1 aromatic rings. The molecule has 0 radical (unpaired) electrons. The predicted octanol–water partition coefficient (Wildman–Crippen LogP) is -0.303. The molecule has 0 spiro atoms. The van der Waals surface area contributed by atoms with Crippen molar-refractivity contribution in [1.29, 1.82) is 0 Å². The van der Waals surface area contributed by atoms with Crippen molar-refractivity contribution in [3.8, 4) is 0 Å². The van der Waals surface area contributed by atoms with Gasteiger partial charge in [-0.15, -0.1) is 0 Å². The Morgan fingerprint density at radius 2 is 2.54 bits per heavy atom. The number of nitrogens with two attached hydrogens (primary N) is 1. The minimum Gasteiger partial charge on any atom is -0.358 e. The number of hydrogen-bond donors (Lipinski definition) is 2. The van der Waals surface area contributed by atoms with E-state index in [2.05, 4.69) is 10.3 Å². The number of nitrogens with one attached hydrogen (secondary N) is 1. The summed E-state index contributed by atoms with van der Waals surface area (Å²) in [6.07, 6.45) is 3.92. The van der Waals surface area contributed by atoms with Gasteiger partial charge in [0.05, 0.1) is 6.04 Å². The Bertz CT molecular complexity index is 273. The zero-order chi connectivity index (χ0) is 9.68. The highest BCUT2D eigenvalue weighted by atomic mass is 16.2. The van der Waals surface area contributed by atoms with E-state index in [-0.39, 0.29) is 5.91 Å². The van der Waals surface area contributed by atoms with Crippen molar-refractivity contribution >= 4 is 5.91 Å². The number of carbonyl (C=O) groups is 1. The SMILES string of the molecule is CNC(=O)[C@H](N)Cc1cccnc1. The van der Waals surface area contributed by atoms with E-state index in [1.54, 1.807) is 19.4 Å². The fraction of sp³-hybridized carbons (Fsp3) is 0.333. The molecule has 1 amide bonds. The highest BCUT2D eigenvalue weighted by Gasteiger charge is 2.11. The Morgan fingerprint density at radius 1 is 1.77 bits per heavy atom. The van der Waals surface area contributed by atoms with Crippen molar-refractivity contribution in [1.82, 2.24) is 10.3 Å². The second-order valence-electron chi connectivity index (χ2n) is 2.79. The third-order valence-corrected chi connectivity index (χ3v) is 1.76. The molecule has 3 N–H and O–H groups in total. The first-order valence-electron chi connectivity index (χ1n) is 4.10. The van der Waals surface area contributed by atoms with Crippen LogP contribution >= 0.6 is 0 Å². The van der Waals surface area contributed by atoms with Crippen LogP contribution in [0.5, 0.6) is 0 Å². The summed E-state index contributed by atoms with van der Waals surface area (Å²) in [5, 5.41) is 2.50. The van der Waals surface area contributed by atoms with Crippen molar-refractivity contribution in [3.05, 3.63) is 30.1 Å². The van der Waals surface area contributed by atoms with Gasteiger partial charge in [-0.05, 0) is 18.1 Å². The summed E-state index contributed by atoms with van der Waals surface area (Å²) in [7, 11) is 1.57. The normalized spacial score (nSPS) is 12.2. The standard InChI is InChI=1S/C9H13N3O/c1-11-9(13)8(10)5-7-3-2-4-12-6-7/h2-4,6,8H,5,10H2,1H3,(H,11,13)/t8-/m1/s1. The molecule has 0 aliphatic heterocycles. The van der Waals surface area contributed by atoms with Crippen molar-refractivity contribution in [2.75, 3.05) is 7.05 Å². The van der Waals surface area contributed by atoms with Gasteiger partial charge < -0.3 is 11.1 Å². The predicted molar refractivity (Wildman–Crippen MR) is 50.0 cm³/mol. The van der Waals surface area contributed by atoms with E-state index in [1.807, 2.05) is 12.1 Å². The van der Waals surface area contributed by atoms with Crippen LogP contribution in [0, 0.1) is 0 Å². The first-order valence-corrected chi connectivity index (χ1v) is 4.10. The molecule has 13 heavy (non-hydrogen) atoms. The lowest BCUT2D eigenvalue weighted by molar-refractivity contribution is -0.121. The number of amides is 1. The third kappa shape index (κ3) is 2.83. The van der Waals surface area contributed by atoms with E-state index in [1.165, 1.54) is 0 Å². The Labute approximate surface area is 77.2 Å². The van der Waals surface area contributed by atoms with Crippen molar-refractivity contribution in [2.45, 2.75) is 12.5 Å². The van der Waals surface area contributed by atoms with Crippen LogP contribution in [0.2, 0.25) is 0 Å². The number of aromatic nitrogens is 1. The Morgan fingerprint density at radius 3 is 3.08 bits per heavy atom. The van der Waals surface area contributed by atoms with Gasteiger partial charge in [-0.2, -0.15) is 0 Å². The van der Waals surface area contributed by atoms with Gasteiger partial charge in [0.2, 0.25) is 5.91 Å². The molecule has 1 aromatic heterocycles. The molecule has 0 aromatic carbocycles. The van der Waals surface area contributed by atoms with Gasteiger partial charge >= 0.3 is 0 Å². The monoisotopic (exact) mass is 179 g/mol. The Balaban J connectivity index is 2.55. The van der Waals surface area contributed by atoms with Gasteiger partial charge in [0.25, 0.3) is 0 Å². The molecular formula is C9H13N3O. The van der Waals surface area contributed by atoms with E-state index < -0.39 is 6.04 Å². The first-order chi connectivity index (χ1) is 6.24. The van der Waals surface area contributed by atoms with E-state index in [4.69, 9.17) is 5.73 Å². The maximum atomic E-state index is 11.1. The number of carbonyl (C=O) groups excluding carboxylic acids is 1. The smallest absolute Gasteiger partial charge is 0.237 e. The molecule has 0 fully saturated rings. The third-order valence-electron chi connectivity index (χ3n) is 1.76. The Hall–Kier alpha value is -1.42. The first kappa shape index (κ1) is 9.67. The lowest BCUT2D eigenvalue weighted by atomic mass is 10.1. The zero-order valence-electron chi connectivity index (χ0n) is 7.53. The van der Waals surface area contributed by atoms with Crippen LogP contribution in [0.3, 0.4) is 0 Å². The van der Waals surface area contributed by atoms with Gasteiger partial charge in [-0.1, -0.05) is 6.07 Å². The van der Waals surface area contributed by atoms with Crippen LogP contribution in [-0.4, -0.2) is 24.0 Å². The molecule has 0 unspecified atom stereocenters. The van der Waals surface area contributed by atoms with E-state index in [0.717, 1.165) is 5.56 Å². The summed E-state index contributed by atoms with van der Waals surface area (Å²) < 4.78 is 0. The summed E-state index contributed by atoms with van der Waals surface area (Å²) in [6.45, 7) is 0. The van der Waals surface area contributed by atoms with Crippen LogP contribution < -0.4 is 11.1 Å². The summed E-state index contributed by atoms with van der Waals surface area (Å²) in [4.78, 5) is 15.0. The maximum Gasteiger partial charge on any atom is 0.237 e. The van der Waals surface area contributed by atoms with E-state index >= 15 is 0 Å². The van der Waals surface area contributed by atoms with Crippen molar-refractivity contribution in [2.24, 2.45) is 5.73 Å². The minimum atomic E-state index is -0.491. The molecule has 0 saturated carbocycles. The Kier molecular flexibility index (Phi) is 3.40. The van der Waals surface area contributed by atoms with Crippen LogP contribution in [0.1, 0.15) is 5.56 Å². The fourth-order valence-electron chi connectivity index (χ4n) is 1.05. The number of pyridine rings is 1. The lowest BCUT2D eigenvalue weighted by Crippen LogP contribution is -2.40. The van der Waals surface area contributed by atoms with Gasteiger partial charge in [0.15, 0.2) is 0 Å². The molecule has 0 aliphatic rings.